The summed E-state index contributed by atoms with van der Waals surface area (Å²) < 4.78 is 39.8. The smallest absolute Gasteiger partial charge is 0.376 e. The van der Waals surface area contributed by atoms with Crippen molar-refractivity contribution in [2.75, 3.05) is 24.3 Å². The van der Waals surface area contributed by atoms with Crippen LogP contribution in [0.4, 0.5) is 24.5 Å². The lowest BCUT2D eigenvalue weighted by molar-refractivity contribution is -0.112. The summed E-state index contributed by atoms with van der Waals surface area (Å²) in [5.74, 6) is -0.833. The van der Waals surface area contributed by atoms with E-state index in [0.29, 0.717) is 17.5 Å². The van der Waals surface area contributed by atoms with E-state index in [1.54, 1.807) is 49.3 Å². The summed E-state index contributed by atoms with van der Waals surface area (Å²) >= 11 is 0. The van der Waals surface area contributed by atoms with Crippen molar-refractivity contribution < 1.29 is 18.0 Å². The molecular weight excluding hydrogens is 317 g/mol. The van der Waals surface area contributed by atoms with E-state index in [9.17, 15) is 18.0 Å². The molecular formula is C18H17F3N2O. The van der Waals surface area contributed by atoms with Crippen LogP contribution in [0.15, 0.2) is 60.7 Å². The normalized spacial score (nSPS) is 12.0. The van der Waals surface area contributed by atoms with Gasteiger partial charge in [0.25, 0.3) is 0 Å². The number of nitrogens with one attached hydrogen (secondary N) is 1. The van der Waals surface area contributed by atoms with Gasteiger partial charge in [-0.3, -0.25) is 4.79 Å². The van der Waals surface area contributed by atoms with Crippen LogP contribution in [-0.4, -0.2) is 26.2 Å². The number of carbonyl (C=O) groups excluding carboxylic acids is 1. The SMILES string of the molecule is CN(C)c1ccccc1NC(=O)/C=C(/c1ccccc1)C(F)(F)F. The van der Waals surface area contributed by atoms with Gasteiger partial charge >= 0.3 is 6.18 Å². The third-order valence-corrected chi connectivity index (χ3v) is 3.31. The molecule has 2 rings (SSSR count). The molecule has 0 fully saturated rings. The molecule has 0 saturated heterocycles. The molecule has 0 heterocycles. The minimum atomic E-state index is -4.63. The van der Waals surface area contributed by atoms with Gasteiger partial charge in [0.15, 0.2) is 0 Å². The van der Waals surface area contributed by atoms with E-state index in [-0.39, 0.29) is 5.56 Å². The van der Waals surface area contributed by atoms with Gasteiger partial charge in [-0.15, -0.1) is 0 Å². The lowest BCUT2D eigenvalue weighted by atomic mass is 10.1. The van der Waals surface area contributed by atoms with Crippen LogP contribution in [0, 0.1) is 0 Å². The Morgan fingerprint density at radius 1 is 1.00 bits per heavy atom. The van der Waals surface area contributed by atoms with Crippen LogP contribution in [0.5, 0.6) is 0 Å². The fraction of sp³-hybridized carbons (Fsp3) is 0.167. The van der Waals surface area contributed by atoms with Gasteiger partial charge in [0.05, 0.1) is 16.9 Å². The summed E-state index contributed by atoms with van der Waals surface area (Å²) in [4.78, 5) is 13.9. The minimum absolute atomic E-state index is 0.0546. The van der Waals surface area contributed by atoms with Gasteiger partial charge in [0.1, 0.15) is 0 Å². The standard InChI is InChI=1S/C18H17F3N2O/c1-23(2)16-11-7-6-10-15(16)22-17(24)12-14(18(19,20)21)13-8-4-3-5-9-13/h3-12H,1-2H3,(H,22,24)/b14-12-. The molecule has 0 aromatic heterocycles. The molecule has 6 heteroatoms. The second kappa shape index (κ2) is 7.21. The van der Waals surface area contributed by atoms with E-state index >= 15 is 0 Å². The molecule has 0 bridgehead atoms. The monoisotopic (exact) mass is 334 g/mol. The van der Waals surface area contributed by atoms with Crippen LogP contribution >= 0.6 is 0 Å². The van der Waals surface area contributed by atoms with Gasteiger partial charge in [-0.2, -0.15) is 13.2 Å². The van der Waals surface area contributed by atoms with Crippen molar-refractivity contribution in [3.8, 4) is 0 Å². The van der Waals surface area contributed by atoms with Gasteiger partial charge in [-0.05, 0) is 17.7 Å². The molecule has 1 amide bonds. The maximum absolute atomic E-state index is 13.3. The molecule has 0 atom stereocenters. The number of para-hydroxylation sites is 2. The fourth-order valence-corrected chi connectivity index (χ4v) is 2.22. The number of nitrogens with zero attached hydrogens (tertiary/aromatic N) is 1. The van der Waals surface area contributed by atoms with Crippen molar-refractivity contribution in [1.82, 2.24) is 0 Å². The zero-order valence-electron chi connectivity index (χ0n) is 13.3. The summed E-state index contributed by atoms with van der Waals surface area (Å²) in [7, 11) is 3.57. The van der Waals surface area contributed by atoms with Crippen LogP contribution in [0.3, 0.4) is 0 Å². The second-order valence-corrected chi connectivity index (χ2v) is 5.32. The Kier molecular flexibility index (Phi) is 5.28. The van der Waals surface area contributed by atoms with E-state index in [4.69, 9.17) is 0 Å². The summed E-state index contributed by atoms with van der Waals surface area (Å²) in [6.07, 6.45) is -4.04. The van der Waals surface area contributed by atoms with E-state index in [2.05, 4.69) is 5.32 Å². The average molecular weight is 334 g/mol. The zero-order chi connectivity index (χ0) is 17.7. The Balaban J connectivity index is 2.33. The van der Waals surface area contributed by atoms with E-state index in [0.717, 1.165) is 0 Å². The number of alkyl halides is 3. The first-order valence-electron chi connectivity index (χ1n) is 7.20. The van der Waals surface area contributed by atoms with Gasteiger partial charge in [-0.25, -0.2) is 0 Å². The molecule has 1 N–H and O–H groups in total. The van der Waals surface area contributed by atoms with E-state index < -0.39 is 17.7 Å². The third-order valence-electron chi connectivity index (χ3n) is 3.31. The van der Waals surface area contributed by atoms with Gasteiger partial charge in [0, 0.05) is 20.2 Å². The van der Waals surface area contributed by atoms with Gasteiger partial charge in [-0.1, -0.05) is 42.5 Å². The lowest BCUT2D eigenvalue weighted by Gasteiger charge is -2.17. The molecule has 0 unspecified atom stereocenters. The first-order chi connectivity index (χ1) is 11.3. The van der Waals surface area contributed by atoms with Gasteiger partial charge < -0.3 is 10.2 Å². The topological polar surface area (TPSA) is 32.3 Å². The molecule has 2 aromatic carbocycles. The number of halogens is 3. The number of hydrogen-bond donors (Lipinski definition) is 1. The number of benzene rings is 2. The van der Waals surface area contributed by atoms with Crippen molar-refractivity contribution >= 4 is 22.9 Å². The maximum Gasteiger partial charge on any atom is 0.417 e. The first-order valence-corrected chi connectivity index (χ1v) is 7.20. The Hall–Kier alpha value is -2.76. The quantitative estimate of drug-likeness (QED) is 0.844. The van der Waals surface area contributed by atoms with E-state index in [1.807, 2.05) is 0 Å². The van der Waals surface area contributed by atoms with Gasteiger partial charge in [0.2, 0.25) is 5.91 Å². The Morgan fingerprint density at radius 2 is 1.58 bits per heavy atom. The number of anilines is 2. The number of amides is 1. The van der Waals surface area contributed by atoms with Crippen LogP contribution in [-0.2, 0) is 4.79 Å². The molecule has 0 aliphatic rings. The average Bonchev–Trinajstić information content (AvgIpc) is 2.52. The predicted molar refractivity (Wildman–Crippen MR) is 89.9 cm³/mol. The highest BCUT2D eigenvalue weighted by Crippen LogP contribution is 2.34. The van der Waals surface area contributed by atoms with Crippen molar-refractivity contribution in [3.63, 3.8) is 0 Å². The third kappa shape index (κ3) is 4.38. The molecule has 0 aliphatic heterocycles. The second-order valence-electron chi connectivity index (χ2n) is 5.32. The minimum Gasteiger partial charge on any atom is -0.376 e. The molecule has 0 aliphatic carbocycles. The Bertz CT molecular complexity index is 737. The predicted octanol–water partition coefficient (Wildman–Crippen LogP) is 4.34. The summed E-state index contributed by atoms with van der Waals surface area (Å²) in [6.45, 7) is 0. The van der Waals surface area contributed by atoms with E-state index in [1.165, 1.54) is 24.3 Å². The molecule has 126 valence electrons. The van der Waals surface area contributed by atoms with Crippen molar-refractivity contribution in [2.24, 2.45) is 0 Å². The lowest BCUT2D eigenvalue weighted by Crippen LogP contribution is -2.18. The maximum atomic E-state index is 13.3. The zero-order valence-corrected chi connectivity index (χ0v) is 13.3. The Labute approximate surface area is 138 Å². The van der Waals surface area contributed by atoms with Crippen LogP contribution in [0.1, 0.15) is 5.56 Å². The summed E-state index contributed by atoms with van der Waals surface area (Å²) in [6, 6.07) is 14.1. The van der Waals surface area contributed by atoms with Crippen LogP contribution in [0.2, 0.25) is 0 Å². The van der Waals surface area contributed by atoms with Crippen molar-refractivity contribution in [1.29, 1.82) is 0 Å². The highest BCUT2D eigenvalue weighted by atomic mass is 19.4. The molecule has 0 saturated carbocycles. The highest BCUT2D eigenvalue weighted by Gasteiger charge is 2.35. The van der Waals surface area contributed by atoms with Crippen molar-refractivity contribution in [3.05, 3.63) is 66.2 Å². The summed E-state index contributed by atoms with van der Waals surface area (Å²) in [5.41, 5.74) is 0.106. The molecule has 0 radical (unpaired) electrons. The number of allylic oxidation sites excluding steroid dienone is 1. The van der Waals surface area contributed by atoms with Crippen LogP contribution in [0.25, 0.3) is 5.57 Å². The summed E-state index contributed by atoms with van der Waals surface area (Å²) in [5, 5.41) is 2.51. The molecule has 3 nitrogen and oxygen atoms in total. The fourth-order valence-electron chi connectivity index (χ4n) is 2.22. The van der Waals surface area contributed by atoms with Crippen LogP contribution < -0.4 is 10.2 Å². The first kappa shape index (κ1) is 17.6. The number of rotatable bonds is 4. The molecule has 24 heavy (non-hydrogen) atoms. The number of hydrogen-bond acceptors (Lipinski definition) is 2. The largest absolute Gasteiger partial charge is 0.417 e. The van der Waals surface area contributed by atoms with Crippen molar-refractivity contribution in [2.45, 2.75) is 6.18 Å². The molecule has 0 spiro atoms. The number of carbonyl (C=O) groups is 1. The molecule has 2 aromatic rings. The Morgan fingerprint density at radius 3 is 2.17 bits per heavy atom. The highest BCUT2D eigenvalue weighted by molar-refractivity contribution is 6.06.